The Morgan fingerprint density at radius 2 is 1.30 bits per heavy atom. The van der Waals surface area contributed by atoms with Crippen molar-refractivity contribution in [1.82, 2.24) is 19.1 Å². The van der Waals surface area contributed by atoms with Gasteiger partial charge in [0.1, 0.15) is 5.82 Å². The van der Waals surface area contributed by atoms with Gasteiger partial charge < -0.3 is 9.13 Å². The zero-order chi connectivity index (χ0) is 29.3. The van der Waals surface area contributed by atoms with E-state index in [-0.39, 0.29) is 0 Å². The number of hydrogen-bond donors (Lipinski definition) is 0. The van der Waals surface area contributed by atoms with Gasteiger partial charge in [0.2, 0.25) is 0 Å². The van der Waals surface area contributed by atoms with Crippen molar-refractivity contribution in [2.24, 2.45) is 7.05 Å². The summed E-state index contributed by atoms with van der Waals surface area (Å²) in [6, 6.07) is 48.3. The molecule has 3 aromatic heterocycles. The molecule has 0 aliphatic heterocycles. The number of aromatic nitrogens is 4. The van der Waals surface area contributed by atoms with Crippen molar-refractivity contribution in [3.8, 4) is 28.2 Å². The molecule has 4 heteroatoms. The standard InChI is InChI=1S/C40H28N4/c1-43-24-23-42-39(43)27-11-10-12-29(25-27)44-36-18-7-4-15-32(36)33-21-20-28(26-37(33)44)40(38-19-8-9-22-41-38)34-16-5-2-13-30(34)31-14-3-6-17-35(31)40/h2-26H,1H3. The Labute approximate surface area is 255 Å². The smallest absolute Gasteiger partial charge is 0.139 e. The van der Waals surface area contributed by atoms with Crippen LogP contribution in [0.4, 0.5) is 0 Å². The van der Waals surface area contributed by atoms with E-state index in [0.29, 0.717) is 0 Å². The number of para-hydroxylation sites is 1. The van der Waals surface area contributed by atoms with Gasteiger partial charge in [0.15, 0.2) is 0 Å². The van der Waals surface area contributed by atoms with Crippen LogP contribution in [0.15, 0.2) is 152 Å². The van der Waals surface area contributed by atoms with Crippen LogP contribution >= 0.6 is 0 Å². The Morgan fingerprint density at radius 1 is 0.568 bits per heavy atom. The molecule has 0 spiro atoms. The highest BCUT2D eigenvalue weighted by molar-refractivity contribution is 6.09. The predicted molar refractivity (Wildman–Crippen MR) is 178 cm³/mol. The molecule has 0 radical (unpaired) electrons. The van der Waals surface area contributed by atoms with E-state index in [9.17, 15) is 0 Å². The second-order valence-corrected chi connectivity index (χ2v) is 11.6. The first-order chi connectivity index (χ1) is 21.7. The number of hydrogen-bond acceptors (Lipinski definition) is 2. The van der Waals surface area contributed by atoms with Gasteiger partial charge in [0.05, 0.1) is 22.1 Å². The van der Waals surface area contributed by atoms with Gasteiger partial charge in [-0.2, -0.15) is 0 Å². The molecule has 5 aromatic carbocycles. The van der Waals surface area contributed by atoms with Gasteiger partial charge in [0.25, 0.3) is 0 Å². The van der Waals surface area contributed by atoms with E-state index in [4.69, 9.17) is 4.98 Å². The lowest BCUT2D eigenvalue weighted by atomic mass is 9.69. The minimum absolute atomic E-state index is 0.557. The molecule has 4 nitrogen and oxygen atoms in total. The molecule has 0 unspecified atom stereocenters. The molecule has 208 valence electrons. The number of pyridine rings is 1. The lowest BCUT2D eigenvalue weighted by molar-refractivity contribution is 0.735. The van der Waals surface area contributed by atoms with E-state index in [1.54, 1.807) is 0 Å². The van der Waals surface area contributed by atoms with Crippen molar-refractivity contribution < 1.29 is 0 Å². The number of rotatable bonds is 4. The Balaban J connectivity index is 1.38. The van der Waals surface area contributed by atoms with Crippen LogP contribution < -0.4 is 0 Å². The van der Waals surface area contributed by atoms with Crippen molar-refractivity contribution in [2.45, 2.75) is 5.41 Å². The summed E-state index contributed by atoms with van der Waals surface area (Å²) in [4.78, 5) is 9.67. The molecule has 44 heavy (non-hydrogen) atoms. The zero-order valence-corrected chi connectivity index (χ0v) is 24.2. The molecule has 0 saturated carbocycles. The summed E-state index contributed by atoms with van der Waals surface area (Å²) < 4.78 is 4.47. The van der Waals surface area contributed by atoms with Crippen LogP contribution in [0, 0.1) is 0 Å². The van der Waals surface area contributed by atoms with Crippen molar-refractivity contribution in [2.75, 3.05) is 0 Å². The Hall–Kier alpha value is -5.74. The molecule has 1 aliphatic rings. The van der Waals surface area contributed by atoms with E-state index in [0.717, 1.165) is 28.3 Å². The average molecular weight is 565 g/mol. The van der Waals surface area contributed by atoms with Gasteiger partial charge in [-0.1, -0.05) is 97.1 Å². The second kappa shape index (κ2) is 9.38. The Kier molecular flexibility index (Phi) is 5.29. The minimum atomic E-state index is -0.557. The van der Waals surface area contributed by atoms with E-state index in [1.165, 1.54) is 44.1 Å². The number of benzene rings is 5. The summed E-state index contributed by atoms with van der Waals surface area (Å²) in [6.45, 7) is 0. The van der Waals surface area contributed by atoms with E-state index >= 15 is 0 Å². The number of nitrogens with zero attached hydrogens (tertiary/aromatic N) is 4. The fraction of sp³-hybridized carbons (Fsp3) is 0.0500. The molecule has 8 aromatic rings. The molecule has 3 heterocycles. The van der Waals surface area contributed by atoms with Crippen LogP contribution in [0.2, 0.25) is 0 Å². The molecular formula is C40H28N4. The summed E-state index contributed by atoms with van der Waals surface area (Å²) in [7, 11) is 2.04. The van der Waals surface area contributed by atoms with Crippen molar-refractivity contribution in [1.29, 1.82) is 0 Å². The van der Waals surface area contributed by atoms with Crippen LogP contribution in [-0.4, -0.2) is 19.1 Å². The molecule has 0 atom stereocenters. The number of aryl methyl sites for hydroxylation is 1. The summed E-state index contributed by atoms with van der Waals surface area (Å²) in [6.07, 6.45) is 5.76. The Bertz CT molecular complexity index is 2310. The van der Waals surface area contributed by atoms with Crippen molar-refractivity contribution >= 4 is 21.8 Å². The highest BCUT2D eigenvalue weighted by atomic mass is 15.0. The summed E-state index contributed by atoms with van der Waals surface area (Å²) in [5.74, 6) is 0.946. The summed E-state index contributed by atoms with van der Waals surface area (Å²) >= 11 is 0. The van der Waals surface area contributed by atoms with Crippen LogP contribution in [-0.2, 0) is 12.5 Å². The van der Waals surface area contributed by atoms with Gasteiger partial charge in [-0.3, -0.25) is 4.98 Å². The molecule has 0 amide bonds. The maximum Gasteiger partial charge on any atom is 0.139 e. The second-order valence-electron chi connectivity index (χ2n) is 11.6. The highest BCUT2D eigenvalue weighted by Gasteiger charge is 2.47. The van der Waals surface area contributed by atoms with Crippen LogP contribution in [0.1, 0.15) is 22.4 Å². The average Bonchev–Trinajstić information content (AvgIpc) is 3.75. The molecule has 9 rings (SSSR count). The fourth-order valence-electron chi connectivity index (χ4n) is 7.46. The third-order valence-electron chi connectivity index (χ3n) is 9.29. The van der Waals surface area contributed by atoms with Crippen molar-refractivity contribution in [3.63, 3.8) is 0 Å². The van der Waals surface area contributed by atoms with E-state index in [2.05, 4.69) is 142 Å². The quantitative estimate of drug-likeness (QED) is 0.214. The largest absolute Gasteiger partial charge is 0.334 e. The zero-order valence-electron chi connectivity index (χ0n) is 24.2. The maximum atomic E-state index is 5.04. The first-order valence-electron chi connectivity index (χ1n) is 15.0. The number of imidazole rings is 1. The molecular weight excluding hydrogens is 536 g/mol. The van der Waals surface area contributed by atoms with Gasteiger partial charge in [0, 0.05) is 47.7 Å². The van der Waals surface area contributed by atoms with Crippen molar-refractivity contribution in [3.05, 3.63) is 174 Å². The van der Waals surface area contributed by atoms with Crippen LogP contribution in [0.25, 0.3) is 50.0 Å². The first kappa shape index (κ1) is 24.8. The van der Waals surface area contributed by atoms with Crippen LogP contribution in [0.5, 0.6) is 0 Å². The highest BCUT2D eigenvalue weighted by Crippen LogP contribution is 2.56. The number of fused-ring (bicyclic) bond motifs is 6. The third-order valence-corrected chi connectivity index (χ3v) is 9.29. The normalized spacial score (nSPS) is 13.3. The predicted octanol–water partition coefficient (Wildman–Crippen LogP) is 8.94. The Morgan fingerprint density at radius 3 is 2.05 bits per heavy atom. The topological polar surface area (TPSA) is 35.6 Å². The third kappa shape index (κ3) is 3.34. The SMILES string of the molecule is Cn1ccnc1-c1cccc(-n2c3ccccc3c3ccc(C4(c5ccccn5)c5ccccc5-c5ccccc54)cc32)c1. The van der Waals surface area contributed by atoms with E-state index < -0.39 is 5.41 Å². The molecule has 0 fully saturated rings. The monoisotopic (exact) mass is 564 g/mol. The minimum Gasteiger partial charge on any atom is -0.334 e. The molecule has 0 N–H and O–H groups in total. The first-order valence-corrected chi connectivity index (χ1v) is 15.0. The van der Waals surface area contributed by atoms with Gasteiger partial charge in [-0.25, -0.2) is 4.98 Å². The lowest BCUT2D eigenvalue weighted by Crippen LogP contribution is -2.29. The van der Waals surface area contributed by atoms with Gasteiger partial charge in [-0.15, -0.1) is 0 Å². The summed E-state index contributed by atoms with van der Waals surface area (Å²) in [5, 5.41) is 2.46. The molecule has 1 aliphatic carbocycles. The fourth-order valence-corrected chi connectivity index (χ4v) is 7.46. The van der Waals surface area contributed by atoms with Gasteiger partial charge in [-0.05, 0) is 64.2 Å². The molecule has 0 bridgehead atoms. The maximum absolute atomic E-state index is 5.04. The molecule has 0 saturated heterocycles. The summed E-state index contributed by atoms with van der Waals surface area (Å²) in [5.41, 5.74) is 11.2. The van der Waals surface area contributed by atoms with E-state index in [1.807, 2.05) is 31.7 Å². The van der Waals surface area contributed by atoms with Crippen LogP contribution in [0.3, 0.4) is 0 Å². The van der Waals surface area contributed by atoms with Gasteiger partial charge >= 0.3 is 0 Å². The lowest BCUT2D eigenvalue weighted by Gasteiger charge is -2.32.